The van der Waals surface area contributed by atoms with Crippen LogP contribution in [0.5, 0.6) is 11.5 Å². The van der Waals surface area contributed by atoms with E-state index in [0.717, 1.165) is 29.7 Å². The van der Waals surface area contributed by atoms with E-state index in [2.05, 4.69) is 9.88 Å². The Kier molecular flexibility index (Phi) is 5.96. The maximum atomic E-state index is 11.9. The highest BCUT2D eigenvalue weighted by molar-refractivity contribution is 5.73. The molecule has 6 nitrogen and oxygen atoms in total. The fourth-order valence-corrected chi connectivity index (χ4v) is 3.84. The van der Waals surface area contributed by atoms with Gasteiger partial charge in [0, 0.05) is 6.20 Å². The van der Waals surface area contributed by atoms with Gasteiger partial charge in [-0.15, -0.1) is 0 Å². The SMILES string of the molecule is COc1ccc(C(c2ncccc2C)N2CCCCC2C(=O)O)cc1OC. The molecule has 0 spiro atoms. The predicted molar refractivity (Wildman–Crippen MR) is 102 cm³/mol. The van der Waals surface area contributed by atoms with Crippen LogP contribution < -0.4 is 9.47 Å². The molecule has 1 aromatic carbocycles. The highest BCUT2D eigenvalue weighted by Gasteiger charge is 2.36. The highest BCUT2D eigenvalue weighted by Crippen LogP contribution is 2.38. The van der Waals surface area contributed by atoms with Crippen LogP contribution >= 0.6 is 0 Å². The zero-order valence-electron chi connectivity index (χ0n) is 16.0. The van der Waals surface area contributed by atoms with Gasteiger partial charge in [-0.25, -0.2) is 0 Å². The molecule has 1 saturated heterocycles. The summed E-state index contributed by atoms with van der Waals surface area (Å²) in [5.41, 5.74) is 2.85. The van der Waals surface area contributed by atoms with Crippen LogP contribution in [0, 0.1) is 6.92 Å². The number of hydrogen-bond acceptors (Lipinski definition) is 5. The van der Waals surface area contributed by atoms with Crippen molar-refractivity contribution in [1.29, 1.82) is 0 Å². The number of rotatable bonds is 6. The van der Waals surface area contributed by atoms with E-state index in [0.29, 0.717) is 24.5 Å². The second kappa shape index (κ2) is 8.39. The van der Waals surface area contributed by atoms with E-state index in [-0.39, 0.29) is 6.04 Å². The second-order valence-electron chi connectivity index (χ2n) is 6.81. The molecule has 0 saturated carbocycles. The third-order valence-corrected chi connectivity index (χ3v) is 5.19. The molecule has 1 aliphatic rings. The Hall–Kier alpha value is -2.60. The third-order valence-electron chi connectivity index (χ3n) is 5.19. The van der Waals surface area contributed by atoms with Crippen LogP contribution in [0.3, 0.4) is 0 Å². The number of likely N-dealkylation sites (tertiary alicyclic amines) is 1. The van der Waals surface area contributed by atoms with Crippen molar-refractivity contribution < 1.29 is 19.4 Å². The van der Waals surface area contributed by atoms with Crippen molar-refractivity contribution in [2.45, 2.75) is 38.3 Å². The molecule has 0 aliphatic carbocycles. The lowest BCUT2D eigenvalue weighted by Gasteiger charge is -2.39. The van der Waals surface area contributed by atoms with Crippen molar-refractivity contribution in [2.75, 3.05) is 20.8 Å². The topological polar surface area (TPSA) is 71.9 Å². The number of ether oxygens (including phenoxy) is 2. The lowest BCUT2D eigenvalue weighted by molar-refractivity contribution is -0.145. The summed E-state index contributed by atoms with van der Waals surface area (Å²) in [6, 6.07) is 8.87. The van der Waals surface area contributed by atoms with Gasteiger partial charge in [0.1, 0.15) is 6.04 Å². The molecule has 1 aliphatic heterocycles. The zero-order chi connectivity index (χ0) is 19.4. The van der Waals surface area contributed by atoms with Crippen LogP contribution in [0.4, 0.5) is 0 Å². The van der Waals surface area contributed by atoms with E-state index in [1.165, 1.54) is 0 Å². The molecule has 1 aromatic heterocycles. The first kappa shape index (κ1) is 19.2. The first-order chi connectivity index (χ1) is 13.1. The summed E-state index contributed by atoms with van der Waals surface area (Å²) in [6.07, 6.45) is 4.30. The van der Waals surface area contributed by atoms with Crippen molar-refractivity contribution in [3.8, 4) is 11.5 Å². The van der Waals surface area contributed by atoms with Gasteiger partial charge in [-0.2, -0.15) is 0 Å². The predicted octanol–water partition coefficient (Wildman–Crippen LogP) is 3.44. The molecule has 2 atom stereocenters. The normalized spacial score (nSPS) is 18.7. The van der Waals surface area contributed by atoms with Gasteiger partial charge in [-0.3, -0.25) is 14.7 Å². The van der Waals surface area contributed by atoms with Crippen LogP contribution in [0.15, 0.2) is 36.5 Å². The van der Waals surface area contributed by atoms with Gasteiger partial charge in [-0.1, -0.05) is 18.6 Å². The number of benzene rings is 1. The molecule has 0 amide bonds. The van der Waals surface area contributed by atoms with Gasteiger partial charge in [0.05, 0.1) is 26.0 Å². The first-order valence-corrected chi connectivity index (χ1v) is 9.18. The van der Waals surface area contributed by atoms with Crippen LogP contribution in [-0.2, 0) is 4.79 Å². The van der Waals surface area contributed by atoms with Crippen LogP contribution in [-0.4, -0.2) is 47.8 Å². The molecule has 2 heterocycles. The summed E-state index contributed by atoms with van der Waals surface area (Å²) in [5.74, 6) is 0.484. The molecule has 2 aromatic rings. The van der Waals surface area contributed by atoms with Gasteiger partial charge in [-0.05, 0) is 55.6 Å². The van der Waals surface area contributed by atoms with E-state index in [4.69, 9.17) is 9.47 Å². The van der Waals surface area contributed by atoms with Gasteiger partial charge in [0.15, 0.2) is 11.5 Å². The Morgan fingerprint density at radius 3 is 2.67 bits per heavy atom. The molecule has 2 unspecified atom stereocenters. The van der Waals surface area contributed by atoms with Gasteiger partial charge in [0.2, 0.25) is 0 Å². The molecule has 27 heavy (non-hydrogen) atoms. The van der Waals surface area contributed by atoms with E-state index in [9.17, 15) is 9.90 Å². The minimum Gasteiger partial charge on any atom is -0.493 e. The number of aliphatic carboxylic acids is 1. The summed E-state index contributed by atoms with van der Waals surface area (Å²) < 4.78 is 10.8. The highest BCUT2D eigenvalue weighted by atomic mass is 16.5. The molecule has 1 fully saturated rings. The fraction of sp³-hybridized carbons (Fsp3) is 0.429. The van der Waals surface area contributed by atoms with Crippen molar-refractivity contribution >= 4 is 5.97 Å². The van der Waals surface area contributed by atoms with E-state index in [1.807, 2.05) is 37.3 Å². The van der Waals surface area contributed by atoms with Crippen molar-refractivity contribution in [1.82, 2.24) is 9.88 Å². The Morgan fingerprint density at radius 2 is 2.00 bits per heavy atom. The van der Waals surface area contributed by atoms with E-state index in [1.54, 1.807) is 20.4 Å². The van der Waals surface area contributed by atoms with Crippen molar-refractivity contribution in [3.63, 3.8) is 0 Å². The number of carboxylic acid groups (broad SMARTS) is 1. The number of nitrogens with zero attached hydrogens (tertiary/aromatic N) is 2. The molecule has 1 N–H and O–H groups in total. The standard InChI is InChI=1S/C21H26N2O4/c1-14-7-6-11-22-19(14)20(23-12-5-4-8-16(23)21(24)25)15-9-10-17(26-2)18(13-15)27-3/h6-7,9-11,13,16,20H,4-5,8,12H2,1-3H3,(H,24,25). The molecular weight excluding hydrogens is 344 g/mol. The maximum Gasteiger partial charge on any atom is 0.320 e. The number of carbonyl (C=O) groups is 1. The average Bonchev–Trinajstić information content (AvgIpc) is 2.69. The molecule has 144 valence electrons. The molecule has 6 heteroatoms. The fourth-order valence-electron chi connectivity index (χ4n) is 3.84. The molecule has 3 rings (SSSR count). The van der Waals surface area contributed by atoms with Gasteiger partial charge < -0.3 is 14.6 Å². The number of aromatic nitrogens is 1. The van der Waals surface area contributed by atoms with Crippen LogP contribution in [0.25, 0.3) is 0 Å². The molecule has 0 bridgehead atoms. The molecular formula is C21H26N2O4. The van der Waals surface area contributed by atoms with Crippen molar-refractivity contribution in [2.24, 2.45) is 0 Å². The van der Waals surface area contributed by atoms with E-state index >= 15 is 0 Å². The summed E-state index contributed by atoms with van der Waals surface area (Å²) in [4.78, 5) is 18.6. The number of methoxy groups -OCH3 is 2. The largest absolute Gasteiger partial charge is 0.493 e. The number of carboxylic acids is 1. The van der Waals surface area contributed by atoms with Crippen LogP contribution in [0.1, 0.15) is 42.1 Å². The van der Waals surface area contributed by atoms with E-state index < -0.39 is 12.0 Å². The minimum absolute atomic E-state index is 0.257. The number of aryl methyl sites for hydroxylation is 1. The average molecular weight is 370 g/mol. The summed E-state index contributed by atoms with van der Waals surface area (Å²) in [5, 5.41) is 9.80. The lowest BCUT2D eigenvalue weighted by Crippen LogP contribution is -2.47. The Bertz CT molecular complexity index is 809. The third kappa shape index (κ3) is 3.90. The summed E-state index contributed by atoms with van der Waals surface area (Å²) >= 11 is 0. The first-order valence-electron chi connectivity index (χ1n) is 9.18. The minimum atomic E-state index is -0.784. The summed E-state index contributed by atoms with van der Waals surface area (Å²) in [7, 11) is 3.20. The quantitative estimate of drug-likeness (QED) is 0.840. The number of hydrogen-bond donors (Lipinski definition) is 1. The lowest BCUT2D eigenvalue weighted by atomic mass is 9.92. The molecule has 0 radical (unpaired) electrons. The van der Waals surface area contributed by atoms with Crippen molar-refractivity contribution in [3.05, 3.63) is 53.3 Å². The number of pyridine rings is 1. The monoisotopic (exact) mass is 370 g/mol. The second-order valence-corrected chi connectivity index (χ2v) is 6.81. The maximum absolute atomic E-state index is 11.9. The van der Waals surface area contributed by atoms with Crippen LogP contribution in [0.2, 0.25) is 0 Å². The smallest absolute Gasteiger partial charge is 0.320 e. The Morgan fingerprint density at radius 1 is 1.22 bits per heavy atom. The van der Waals surface area contributed by atoms with Gasteiger partial charge >= 0.3 is 5.97 Å². The summed E-state index contributed by atoms with van der Waals surface area (Å²) in [6.45, 7) is 2.72. The van der Waals surface area contributed by atoms with Gasteiger partial charge in [0.25, 0.3) is 0 Å². The Balaban J connectivity index is 2.13. The Labute approximate surface area is 159 Å². The zero-order valence-corrected chi connectivity index (χ0v) is 16.0. The number of piperidine rings is 1.